The topological polar surface area (TPSA) is 122 Å². The van der Waals surface area contributed by atoms with E-state index < -0.39 is 16.8 Å². The van der Waals surface area contributed by atoms with E-state index in [1.54, 1.807) is 16.7 Å². The van der Waals surface area contributed by atoms with Gasteiger partial charge in [-0.05, 0) is 12.1 Å². The summed E-state index contributed by atoms with van der Waals surface area (Å²) in [7, 11) is 1.31. The lowest BCUT2D eigenvalue weighted by Crippen LogP contribution is -2.19. The lowest BCUT2D eigenvalue weighted by molar-refractivity contribution is -0.384. The van der Waals surface area contributed by atoms with Crippen LogP contribution in [0, 0.1) is 10.1 Å². The molecule has 1 aliphatic heterocycles. The Morgan fingerprint density at radius 2 is 1.93 bits per heavy atom. The number of esters is 1. The van der Waals surface area contributed by atoms with Gasteiger partial charge in [-0.25, -0.2) is 0 Å². The molecule has 0 aliphatic carbocycles. The Balaban J connectivity index is 1.76. The number of benzene rings is 2. The molecule has 30 heavy (non-hydrogen) atoms. The third-order valence-electron chi connectivity index (χ3n) is 4.47. The van der Waals surface area contributed by atoms with E-state index in [1.165, 1.54) is 42.7 Å². The first kappa shape index (κ1) is 19.6. The van der Waals surface area contributed by atoms with Crippen molar-refractivity contribution in [1.82, 2.24) is 4.57 Å². The molecule has 10 nitrogen and oxygen atoms in total. The zero-order chi connectivity index (χ0) is 21.3. The van der Waals surface area contributed by atoms with E-state index in [0.717, 1.165) is 10.2 Å². The maximum Gasteiger partial charge on any atom is 0.307 e. The molecule has 0 bridgehead atoms. The molecule has 0 radical (unpaired) electrons. The number of rotatable bonds is 5. The number of hydrogen-bond donors (Lipinski definition) is 0. The Morgan fingerprint density at radius 1 is 1.23 bits per heavy atom. The molecule has 4 rings (SSSR count). The van der Waals surface area contributed by atoms with Crippen molar-refractivity contribution in [1.29, 1.82) is 0 Å². The number of ether oxygens (including phenoxy) is 3. The molecule has 2 heterocycles. The van der Waals surface area contributed by atoms with Crippen molar-refractivity contribution >= 4 is 39.1 Å². The third-order valence-corrected chi connectivity index (χ3v) is 5.51. The molecule has 0 N–H and O–H groups in total. The maximum atomic E-state index is 12.6. The molecule has 1 amide bonds. The second-order valence-corrected chi connectivity index (χ2v) is 7.27. The van der Waals surface area contributed by atoms with Crippen LogP contribution in [0.3, 0.4) is 0 Å². The number of methoxy groups -OCH3 is 1. The van der Waals surface area contributed by atoms with Crippen molar-refractivity contribution < 1.29 is 28.7 Å². The lowest BCUT2D eigenvalue weighted by atomic mass is 10.2. The summed E-state index contributed by atoms with van der Waals surface area (Å²) in [5.74, 6) is 0.219. The number of hydrogen-bond acceptors (Lipinski definition) is 8. The van der Waals surface area contributed by atoms with Gasteiger partial charge in [0.2, 0.25) is 6.79 Å². The highest BCUT2D eigenvalue weighted by Crippen LogP contribution is 2.37. The fourth-order valence-electron chi connectivity index (χ4n) is 2.94. The minimum Gasteiger partial charge on any atom is -0.469 e. The van der Waals surface area contributed by atoms with Gasteiger partial charge >= 0.3 is 5.97 Å². The van der Waals surface area contributed by atoms with Gasteiger partial charge in [0.05, 0.1) is 28.7 Å². The number of carbonyl (C=O) groups excluding carboxylic acids is 2. The standard InChI is InChI=1S/C19H15N3O7S/c1-27-17(23)6-7-21-13-8-14-15(29-10-28-14)9-16(13)30-19(21)20-18(24)11-2-4-12(5-3-11)22(25)26/h2-5,8-9H,6-7,10H2,1H3. The zero-order valence-electron chi connectivity index (χ0n) is 15.7. The Morgan fingerprint density at radius 3 is 2.60 bits per heavy atom. The molecule has 1 aromatic heterocycles. The van der Waals surface area contributed by atoms with E-state index in [1.807, 2.05) is 0 Å². The fraction of sp³-hybridized carbons (Fsp3) is 0.211. The van der Waals surface area contributed by atoms with Gasteiger partial charge in [0.15, 0.2) is 16.3 Å². The number of non-ortho nitro benzene ring substituents is 1. The Kier molecular flexibility index (Phi) is 5.19. The average molecular weight is 429 g/mol. The Bertz CT molecular complexity index is 1230. The molecular formula is C19H15N3O7S. The van der Waals surface area contributed by atoms with E-state index in [9.17, 15) is 19.7 Å². The highest BCUT2D eigenvalue weighted by Gasteiger charge is 2.19. The monoisotopic (exact) mass is 429 g/mol. The zero-order valence-corrected chi connectivity index (χ0v) is 16.5. The van der Waals surface area contributed by atoms with E-state index in [2.05, 4.69) is 4.99 Å². The molecule has 154 valence electrons. The van der Waals surface area contributed by atoms with E-state index in [-0.39, 0.29) is 31.0 Å². The van der Waals surface area contributed by atoms with Crippen LogP contribution in [-0.4, -0.2) is 35.3 Å². The number of amides is 1. The molecule has 0 unspecified atom stereocenters. The number of aromatic nitrogens is 1. The predicted octanol–water partition coefficient (Wildman–Crippen LogP) is 2.64. The predicted molar refractivity (Wildman–Crippen MR) is 106 cm³/mol. The van der Waals surface area contributed by atoms with E-state index in [4.69, 9.17) is 14.2 Å². The minimum absolute atomic E-state index is 0.0929. The molecule has 0 fully saturated rings. The first-order chi connectivity index (χ1) is 14.5. The normalized spacial score (nSPS) is 12.9. The van der Waals surface area contributed by atoms with Gasteiger partial charge in [-0.1, -0.05) is 11.3 Å². The summed E-state index contributed by atoms with van der Waals surface area (Å²) in [6.45, 7) is 0.378. The molecular weight excluding hydrogens is 414 g/mol. The number of nitrogens with zero attached hydrogens (tertiary/aromatic N) is 3. The summed E-state index contributed by atoms with van der Waals surface area (Å²) >= 11 is 1.26. The van der Waals surface area contributed by atoms with Crippen molar-refractivity contribution in [2.75, 3.05) is 13.9 Å². The van der Waals surface area contributed by atoms with Gasteiger partial charge in [-0.2, -0.15) is 4.99 Å². The number of fused-ring (bicyclic) bond motifs is 2. The maximum absolute atomic E-state index is 12.6. The van der Waals surface area contributed by atoms with Gasteiger partial charge in [0.1, 0.15) is 0 Å². The Hall–Kier alpha value is -3.73. The average Bonchev–Trinajstić information content (AvgIpc) is 3.33. The number of thiazole rings is 1. The number of nitro groups is 1. The lowest BCUT2D eigenvalue weighted by Gasteiger charge is -2.05. The summed E-state index contributed by atoms with van der Waals surface area (Å²) in [6.07, 6.45) is 0.0929. The van der Waals surface area contributed by atoms with Crippen LogP contribution in [0.25, 0.3) is 10.2 Å². The van der Waals surface area contributed by atoms with Crippen molar-refractivity contribution in [3.8, 4) is 11.5 Å². The van der Waals surface area contributed by atoms with E-state index >= 15 is 0 Å². The summed E-state index contributed by atoms with van der Waals surface area (Å²) in [5, 5.41) is 10.8. The molecule has 0 spiro atoms. The van der Waals surface area contributed by atoms with Crippen molar-refractivity contribution in [2.24, 2.45) is 4.99 Å². The van der Waals surface area contributed by atoms with Crippen molar-refractivity contribution in [2.45, 2.75) is 13.0 Å². The summed E-state index contributed by atoms with van der Waals surface area (Å²) in [4.78, 5) is 39.1. The molecule has 0 atom stereocenters. The van der Waals surface area contributed by atoms with Gasteiger partial charge in [0, 0.05) is 36.4 Å². The number of nitro benzene ring substituents is 1. The molecule has 11 heteroatoms. The highest BCUT2D eigenvalue weighted by molar-refractivity contribution is 7.16. The van der Waals surface area contributed by atoms with Crippen LogP contribution in [0.5, 0.6) is 11.5 Å². The second kappa shape index (κ2) is 7.95. The Labute approximate surface area is 173 Å². The largest absolute Gasteiger partial charge is 0.469 e. The molecule has 3 aromatic rings. The minimum atomic E-state index is -0.552. The molecule has 2 aromatic carbocycles. The highest BCUT2D eigenvalue weighted by atomic mass is 32.1. The molecule has 0 saturated heterocycles. The fourth-order valence-corrected chi connectivity index (χ4v) is 4.01. The van der Waals surface area contributed by atoms with Gasteiger partial charge in [-0.15, -0.1) is 0 Å². The first-order valence-electron chi connectivity index (χ1n) is 8.79. The summed E-state index contributed by atoms with van der Waals surface area (Å²) in [5.41, 5.74) is 0.839. The van der Waals surface area contributed by atoms with Gasteiger partial charge < -0.3 is 18.8 Å². The summed E-state index contributed by atoms with van der Waals surface area (Å²) < 4.78 is 18.1. The van der Waals surface area contributed by atoms with Crippen LogP contribution in [0.15, 0.2) is 41.4 Å². The number of aryl methyl sites for hydroxylation is 1. The van der Waals surface area contributed by atoms with Crippen LogP contribution in [0.4, 0.5) is 5.69 Å². The van der Waals surface area contributed by atoms with Crippen molar-refractivity contribution in [3.63, 3.8) is 0 Å². The SMILES string of the molecule is COC(=O)CCn1c(=NC(=O)c2ccc([N+](=O)[O-])cc2)sc2cc3c(cc21)OCO3. The number of carbonyl (C=O) groups is 2. The smallest absolute Gasteiger partial charge is 0.307 e. The second-order valence-electron chi connectivity index (χ2n) is 6.26. The van der Waals surface area contributed by atoms with Gasteiger partial charge in [-0.3, -0.25) is 19.7 Å². The summed E-state index contributed by atoms with van der Waals surface area (Å²) in [6, 6.07) is 8.78. The van der Waals surface area contributed by atoms with Crippen molar-refractivity contribution in [3.05, 3.63) is 56.9 Å². The van der Waals surface area contributed by atoms with Crippen LogP contribution in [0.2, 0.25) is 0 Å². The molecule has 0 saturated carbocycles. The van der Waals surface area contributed by atoms with Gasteiger partial charge in [0.25, 0.3) is 11.6 Å². The first-order valence-corrected chi connectivity index (χ1v) is 9.61. The van der Waals surface area contributed by atoms with Crippen LogP contribution >= 0.6 is 11.3 Å². The van der Waals surface area contributed by atoms with Crippen LogP contribution < -0.4 is 14.3 Å². The van der Waals surface area contributed by atoms with Crippen LogP contribution in [0.1, 0.15) is 16.8 Å². The van der Waals surface area contributed by atoms with Crippen LogP contribution in [-0.2, 0) is 16.1 Å². The molecule has 1 aliphatic rings. The third kappa shape index (κ3) is 3.74. The quantitative estimate of drug-likeness (QED) is 0.347. The van der Waals surface area contributed by atoms with E-state index in [0.29, 0.717) is 16.3 Å².